The van der Waals surface area contributed by atoms with Gasteiger partial charge in [-0.2, -0.15) is 0 Å². The average Bonchev–Trinajstić information content (AvgIpc) is 2.42. The van der Waals surface area contributed by atoms with E-state index in [0.29, 0.717) is 0 Å². The third-order valence-electron chi connectivity index (χ3n) is 3.52. The Morgan fingerprint density at radius 1 is 1.11 bits per heavy atom. The molecule has 1 nitrogen and oxygen atoms in total. The summed E-state index contributed by atoms with van der Waals surface area (Å²) < 4.78 is 0. The molecule has 0 unspecified atom stereocenters. The lowest BCUT2D eigenvalue weighted by Crippen LogP contribution is -2.26. The van der Waals surface area contributed by atoms with Gasteiger partial charge in [-0.3, -0.25) is 0 Å². The highest BCUT2D eigenvalue weighted by molar-refractivity contribution is 7.99. The molecule has 0 radical (unpaired) electrons. The molecule has 100 valence electrons. The SMILES string of the molecule is Clc1ccc(SCCNCC2CCCCC2)cc1. The lowest BCUT2D eigenvalue weighted by Gasteiger charge is -2.21. The lowest BCUT2D eigenvalue weighted by atomic mass is 9.89. The van der Waals surface area contributed by atoms with E-state index in [1.807, 2.05) is 23.9 Å². The molecule has 0 amide bonds. The minimum atomic E-state index is 0.815. The van der Waals surface area contributed by atoms with Crippen LogP contribution in [0.2, 0.25) is 5.02 Å². The van der Waals surface area contributed by atoms with Crippen LogP contribution in [0.4, 0.5) is 0 Å². The van der Waals surface area contributed by atoms with Crippen molar-refractivity contribution in [1.29, 1.82) is 0 Å². The molecule has 1 aromatic carbocycles. The molecule has 1 N–H and O–H groups in total. The van der Waals surface area contributed by atoms with Gasteiger partial charge in [-0.05, 0) is 49.6 Å². The largest absolute Gasteiger partial charge is 0.316 e. The molecule has 0 aromatic heterocycles. The van der Waals surface area contributed by atoms with Crippen molar-refractivity contribution in [3.63, 3.8) is 0 Å². The molecule has 0 saturated heterocycles. The van der Waals surface area contributed by atoms with E-state index < -0.39 is 0 Å². The zero-order valence-corrected chi connectivity index (χ0v) is 12.4. The highest BCUT2D eigenvalue weighted by Gasteiger charge is 2.12. The topological polar surface area (TPSA) is 12.0 Å². The summed E-state index contributed by atoms with van der Waals surface area (Å²) in [6.45, 7) is 2.31. The molecule has 1 aliphatic carbocycles. The molecule has 0 bridgehead atoms. The van der Waals surface area contributed by atoms with Gasteiger partial charge in [0.15, 0.2) is 0 Å². The number of thioether (sulfide) groups is 1. The maximum absolute atomic E-state index is 5.86. The van der Waals surface area contributed by atoms with Gasteiger partial charge in [-0.1, -0.05) is 30.9 Å². The van der Waals surface area contributed by atoms with Crippen molar-refractivity contribution in [1.82, 2.24) is 5.32 Å². The van der Waals surface area contributed by atoms with Crippen LogP contribution in [-0.4, -0.2) is 18.8 Å². The monoisotopic (exact) mass is 283 g/mol. The van der Waals surface area contributed by atoms with E-state index in [1.165, 1.54) is 43.5 Å². The molecule has 3 heteroatoms. The standard InChI is InChI=1S/C15H22ClNS/c16-14-6-8-15(9-7-14)18-11-10-17-12-13-4-2-1-3-5-13/h6-9,13,17H,1-5,10-12H2. The molecule has 0 heterocycles. The molecule has 2 rings (SSSR count). The summed E-state index contributed by atoms with van der Waals surface area (Å²) in [5, 5.41) is 4.40. The van der Waals surface area contributed by atoms with Crippen LogP contribution in [0.1, 0.15) is 32.1 Å². The van der Waals surface area contributed by atoms with E-state index in [4.69, 9.17) is 11.6 Å². The van der Waals surface area contributed by atoms with Gasteiger partial charge in [0.05, 0.1) is 0 Å². The van der Waals surface area contributed by atoms with Crippen LogP contribution in [0.3, 0.4) is 0 Å². The van der Waals surface area contributed by atoms with Gasteiger partial charge in [0.1, 0.15) is 0 Å². The molecule has 18 heavy (non-hydrogen) atoms. The Kier molecular flexibility index (Phi) is 6.39. The number of hydrogen-bond acceptors (Lipinski definition) is 2. The number of hydrogen-bond donors (Lipinski definition) is 1. The van der Waals surface area contributed by atoms with Crippen molar-refractivity contribution < 1.29 is 0 Å². The average molecular weight is 284 g/mol. The summed E-state index contributed by atoms with van der Waals surface area (Å²) in [5.41, 5.74) is 0. The third-order valence-corrected chi connectivity index (χ3v) is 4.78. The number of nitrogens with one attached hydrogen (secondary N) is 1. The Hall–Kier alpha value is -0.180. The Balaban J connectivity index is 1.54. The van der Waals surface area contributed by atoms with Gasteiger partial charge >= 0.3 is 0 Å². The Morgan fingerprint density at radius 3 is 2.56 bits per heavy atom. The van der Waals surface area contributed by atoms with E-state index in [9.17, 15) is 0 Å². The molecular weight excluding hydrogens is 262 g/mol. The summed E-state index contributed by atoms with van der Waals surface area (Å²) in [4.78, 5) is 1.30. The maximum atomic E-state index is 5.86. The van der Waals surface area contributed by atoms with E-state index >= 15 is 0 Å². The smallest absolute Gasteiger partial charge is 0.0406 e. The van der Waals surface area contributed by atoms with Crippen molar-refractivity contribution in [2.24, 2.45) is 5.92 Å². The molecule has 1 aliphatic rings. The molecule has 1 saturated carbocycles. The van der Waals surface area contributed by atoms with Gasteiger partial charge in [-0.25, -0.2) is 0 Å². The summed E-state index contributed by atoms with van der Waals surface area (Å²) in [5.74, 6) is 2.06. The second kappa shape index (κ2) is 8.08. The van der Waals surface area contributed by atoms with Gasteiger partial charge in [-0.15, -0.1) is 11.8 Å². The van der Waals surface area contributed by atoms with E-state index in [1.54, 1.807) is 0 Å². The van der Waals surface area contributed by atoms with E-state index in [-0.39, 0.29) is 0 Å². The first-order valence-corrected chi connectivity index (χ1v) is 8.30. The first-order valence-electron chi connectivity index (χ1n) is 6.94. The molecular formula is C15H22ClNS. The highest BCUT2D eigenvalue weighted by atomic mass is 35.5. The Labute approximate surface area is 120 Å². The summed E-state index contributed by atoms with van der Waals surface area (Å²) in [6.07, 6.45) is 7.18. The van der Waals surface area contributed by atoms with Crippen molar-refractivity contribution in [3.05, 3.63) is 29.3 Å². The fraction of sp³-hybridized carbons (Fsp3) is 0.600. The molecule has 1 aromatic rings. The Bertz CT molecular complexity index is 333. The minimum Gasteiger partial charge on any atom is -0.316 e. The van der Waals surface area contributed by atoms with Crippen LogP contribution in [-0.2, 0) is 0 Å². The molecule has 0 atom stereocenters. The second-order valence-corrected chi connectivity index (χ2v) is 6.62. The van der Waals surface area contributed by atoms with Gasteiger partial charge < -0.3 is 5.32 Å². The minimum absolute atomic E-state index is 0.815. The van der Waals surface area contributed by atoms with Crippen LogP contribution >= 0.6 is 23.4 Å². The number of benzene rings is 1. The van der Waals surface area contributed by atoms with Gasteiger partial charge in [0, 0.05) is 22.2 Å². The predicted octanol–water partition coefficient (Wildman–Crippen LogP) is 4.60. The van der Waals surface area contributed by atoms with Crippen molar-refractivity contribution in [3.8, 4) is 0 Å². The Morgan fingerprint density at radius 2 is 1.83 bits per heavy atom. The van der Waals surface area contributed by atoms with Crippen LogP contribution in [0.15, 0.2) is 29.2 Å². The summed E-state index contributed by atoms with van der Waals surface area (Å²) >= 11 is 7.75. The van der Waals surface area contributed by atoms with E-state index in [0.717, 1.165) is 23.2 Å². The zero-order valence-electron chi connectivity index (χ0n) is 10.8. The van der Waals surface area contributed by atoms with Crippen LogP contribution in [0.25, 0.3) is 0 Å². The van der Waals surface area contributed by atoms with Crippen LogP contribution < -0.4 is 5.32 Å². The van der Waals surface area contributed by atoms with Crippen LogP contribution in [0.5, 0.6) is 0 Å². The van der Waals surface area contributed by atoms with Crippen LogP contribution in [0, 0.1) is 5.92 Å². The zero-order chi connectivity index (χ0) is 12.6. The maximum Gasteiger partial charge on any atom is 0.0406 e. The molecule has 0 aliphatic heterocycles. The van der Waals surface area contributed by atoms with Crippen molar-refractivity contribution in [2.45, 2.75) is 37.0 Å². The fourth-order valence-electron chi connectivity index (χ4n) is 2.47. The van der Waals surface area contributed by atoms with Crippen molar-refractivity contribution in [2.75, 3.05) is 18.8 Å². The quantitative estimate of drug-likeness (QED) is 0.605. The summed E-state index contributed by atoms with van der Waals surface area (Å²) in [7, 11) is 0. The molecule has 0 spiro atoms. The normalized spacial score (nSPS) is 16.9. The number of rotatable bonds is 6. The second-order valence-electron chi connectivity index (χ2n) is 5.01. The predicted molar refractivity (Wildman–Crippen MR) is 81.6 cm³/mol. The summed E-state index contributed by atoms with van der Waals surface area (Å²) in [6, 6.07) is 8.10. The molecule has 1 fully saturated rings. The third kappa shape index (κ3) is 5.21. The lowest BCUT2D eigenvalue weighted by molar-refractivity contribution is 0.345. The van der Waals surface area contributed by atoms with Gasteiger partial charge in [0.2, 0.25) is 0 Å². The highest BCUT2D eigenvalue weighted by Crippen LogP contribution is 2.23. The first-order chi connectivity index (χ1) is 8.84. The first kappa shape index (κ1) is 14.2. The fourth-order valence-corrected chi connectivity index (χ4v) is 3.41. The van der Waals surface area contributed by atoms with Gasteiger partial charge in [0.25, 0.3) is 0 Å². The van der Waals surface area contributed by atoms with E-state index in [2.05, 4.69) is 17.4 Å². The number of halogens is 1. The van der Waals surface area contributed by atoms with Crippen molar-refractivity contribution >= 4 is 23.4 Å².